The monoisotopic (exact) mass is 371 g/mol. The second-order valence-electron chi connectivity index (χ2n) is 6.48. The lowest BCUT2D eigenvalue weighted by Gasteiger charge is -2.34. The molecule has 144 valence electrons. The van der Waals surface area contributed by atoms with E-state index in [1.165, 1.54) is 0 Å². The minimum atomic E-state index is -0.474. The second-order valence-corrected chi connectivity index (χ2v) is 6.48. The molecule has 2 aromatic rings. The predicted octanol–water partition coefficient (Wildman–Crippen LogP) is -0.258. The van der Waals surface area contributed by atoms with Gasteiger partial charge in [0.05, 0.1) is 12.5 Å². The summed E-state index contributed by atoms with van der Waals surface area (Å²) in [5.41, 5.74) is 1.02. The van der Waals surface area contributed by atoms with E-state index in [0.29, 0.717) is 32.6 Å². The van der Waals surface area contributed by atoms with Gasteiger partial charge in [0.15, 0.2) is 0 Å². The smallest absolute Gasteiger partial charge is 0.237 e. The van der Waals surface area contributed by atoms with Crippen LogP contribution in [0.2, 0.25) is 0 Å². The highest BCUT2D eigenvalue weighted by molar-refractivity contribution is 5.88. The van der Waals surface area contributed by atoms with Crippen LogP contribution in [0.5, 0.6) is 0 Å². The molecule has 2 N–H and O–H groups in total. The Hall–Kier alpha value is -2.81. The molecule has 0 saturated carbocycles. The summed E-state index contributed by atoms with van der Waals surface area (Å²) >= 11 is 0. The Labute approximate surface area is 158 Å². The Balaban J connectivity index is 1.52. The van der Waals surface area contributed by atoms with Gasteiger partial charge >= 0.3 is 0 Å². The minimum Gasteiger partial charge on any atom is -0.356 e. The number of pyridine rings is 1. The van der Waals surface area contributed by atoms with Crippen molar-refractivity contribution in [3.8, 4) is 0 Å². The molecule has 9 nitrogen and oxygen atoms in total. The highest BCUT2D eigenvalue weighted by Crippen LogP contribution is 2.13. The van der Waals surface area contributed by atoms with Gasteiger partial charge in [0, 0.05) is 51.5 Å². The molecule has 3 heterocycles. The van der Waals surface area contributed by atoms with Crippen LogP contribution in [0.3, 0.4) is 0 Å². The maximum atomic E-state index is 12.4. The third-order valence-corrected chi connectivity index (χ3v) is 4.64. The van der Waals surface area contributed by atoms with E-state index in [1.54, 1.807) is 18.7 Å². The third-order valence-electron chi connectivity index (χ3n) is 4.64. The number of hydrogen-bond acceptors (Lipinski definition) is 6. The molecule has 27 heavy (non-hydrogen) atoms. The van der Waals surface area contributed by atoms with E-state index < -0.39 is 6.04 Å². The van der Waals surface area contributed by atoms with Crippen LogP contribution in [0.15, 0.2) is 30.9 Å². The lowest BCUT2D eigenvalue weighted by molar-refractivity contribution is -0.134. The van der Waals surface area contributed by atoms with E-state index in [4.69, 9.17) is 0 Å². The molecule has 9 heteroatoms. The van der Waals surface area contributed by atoms with Crippen molar-refractivity contribution < 1.29 is 9.59 Å². The second kappa shape index (κ2) is 9.22. The Morgan fingerprint density at radius 1 is 1.44 bits per heavy atom. The van der Waals surface area contributed by atoms with Gasteiger partial charge in [-0.3, -0.25) is 19.5 Å². The first-order valence-corrected chi connectivity index (χ1v) is 9.21. The van der Waals surface area contributed by atoms with E-state index in [0.717, 1.165) is 17.9 Å². The first kappa shape index (κ1) is 19.0. The predicted molar refractivity (Wildman–Crippen MR) is 98.5 cm³/mol. The maximum absolute atomic E-state index is 12.4. The Morgan fingerprint density at radius 2 is 2.33 bits per heavy atom. The first-order chi connectivity index (χ1) is 13.2. The highest BCUT2D eigenvalue weighted by atomic mass is 16.2. The first-order valence-electron chi connectivity index (χ1n) is 9.21. The van der Waals surface area contributed by atoms with Crippen LogP contribution in [0.4, 0.5) is 0 Å². The Kier molecular flexibility index (Phi) is 6.48. The van der Waals surface area contributed by atoms with E-state index in [9.17, 15) is 9.59 Å². The number of hydrogen-bond donors (Lipinski definition) is 2. The number of piperazine rings is 1. The summed E-state index contributed by atoms with van der Waals surface area (Å²) in [6.45, 7) is 5.17. The summed E-state index contributed by atoms with van der Waals surface area (Å²) < 4.78 is 1.94. The van der Waals surface area contributed by atoms with E-state index in [-0.39, 0.29) is 18.2 Å². The number of aryl methyl sites for hydroxylation is 1. The Bertz CT molecular complexity index is 762. The minimum absolute atomic E-state index is 0.106. The molecule has 0 bridgehead atoms. The number of aromatic nitrogens is 4. The maximum Gasteiger partial charge on any atom is 0.237 e. The van der Waals surface area contributed by atoms with Crippen LogP contribution >= 0.6 is 0 Å². The number of carbonyl (C=O) groups is 2. The van der Waals surface area contributed by atoms with Crippen LogP contribution in [-0.2, 0) is 29.1 Å². The SMILES string of the molecule is CCn1cnnc1CCNC(=O)C[C@@H]1C(=O)NCCN1Cc1cccnc1. The molecule has 2 amide bonds. The molecule has 3 rings (SSSR count). The molecule has 0 radical (unpaired) electrons. The molecule has 1 saturated heterocycles. The van der Waals surface area contributed by atoms with E-state index in [2.05, 4.69) is 25.8 Å². The summed E-state index contributed by atoms with van der Waals surface area (Å²) in [4.78, 5) is 30.8. The van der Waals surface area contributed by atoms with Crippen LogP contribution in [-0.4, -0.2) is 62.1 Å². The van der Waals surface area contributed by atoms with Gasteiger partial charge in [0.25, 0.3) is 0 Å². The van der Waals surface area contributed by atoms with Crippen molar-refractivity contribution in [1.82, 2.24) is 35.3 Å². The fourth-order valence-corrected chi connectivity index (χ4v) is 3.20. The number of nitrogens with one attached hydrogen (secondary N) is 2. The van der Waals surface area contributed by atoms with E-state index in [1.807, 2.05) is 28.5 Å². The lowest BCUT2D eigenvalue weighted by Crippen LogP contribution is -2.56. The zero-order valence-corrected chi connectivity index (χ0v) is 15.5. The Morgan fingerprint density at radius 3 is 3.11 bits per heavy atom. The van der Waals surface area contributed by atoms with Gasteiger partial charge in [-0.15, -0.1) is 10.2 Å². The van der Waals surface area contributed by atoms with Crippen molar-refractivity contribution in [3.63, 3.8) is 0 Å². The van der Waals surface area contributed by atoms with Crippen molar-refractivity contribution in [3.05, 3.63) is 42.2 Å². The van der Waals surface area contributed by atoms with Crippen molar-refractivity contribution >= 4 is 11.8 Å². The topological polar surface area (TPSA) is 105 Å². The molecule has 1 aliphatic heterocycles. The molecular formula is C18H25N7O2. The number of carbonyl (C=O) groups excluding carboxylic acids is 2. The van der Waals surface area contributed by atoms with Crippen molar-refractivity contribution in [2.75, 3.05) is 19.6 Å². The van der Waals surface area contributed by atoms with Crippen molar-refractivity contribution in [2.45, 2.75) is 38.9 Å². The summed E-state index contributed by atoms with van der Waals surface area (Å²) in [6, 6.07) is 3.37. The normalized spacial score (nSPS) is 17.5. The molecule has 0 spiro atoms. The lowest BCUT2D eigenvalue weighted by atomic mass is 10.1. The van der Waals surface area contributed by atoms with Crippen LogP contribution < -0.4 is 10.6 Å². The molecule has 0 aromatic carbocycles. The van der Waals surface area contributed by atoms with Crippen molar-refractivity contribution in [2.24, 2.45) is 0 Å². The highest BCUT2D eigenvalue weighted by Gasteiger charge is 2.31. The number of rotatable bonds is 8. The van der Waals surface area contributed by atoms with Crippen LogP contribution in [0.25, 0.3) is 0 Å². The zero-order valence-electron chi connectivity index (χ0n) is 15.5. The molecule has 0 unspecified atom stereocenters. The third kappa shape index (κ3) is 5.10. The van der Waals surface area contributed by atoms with Gasteiger partial charge in [0.1, 0.15) is 12.2 Å². The fourth-order valence-electron chi connectivity index (χ4n) is 3.20. The summed E-state index contributed by atoms with van der Waals surface area (Å²) in [5, 5.41) is 13.7. The van der Waals surface area contributed by atoms with Crippen LogP contribution in [0.1, 0.15) is 24.7 Å². The fraction of sp³-hybridized carbons (Fsp3) is 0.500. The molecule has 1 atom stereocenters. The number of amides is 2. The quantitative estimate of drug-likeness (QED) is 0.663. The average molecular weight is 371 g/mol. The van der Waals surface area contributed by atoms with Gasteiger partial charge < -0.3 is 15.2 Å². The summed E-state index contributed by atoms with van der Waals surface area (Å²) in [5.74, 6) is 0.591. The molecule has 1 fully saturated rings. The standard InChI is InChI=1S/C18H25N7O2/c1-2-24-13-22-23-16(24)5-7-20-17(26)10-15-18(27)21-8-9-25(15)12-14-4-3-6-19-11-14/h3-4,6,11,13,15H,2,5,7-10,12H2,1H3,(H,20,26)(H,21,27)/t15-/m1/s1. The van der Waals surface area contributed by atoms with Gasteiger partial charge in [-0.05, 0) is 18.6 Å². The zero-order chi connectivity index (χ0) is 19.1. The largest absolute Gasteiger partial charge is 0.356 e. The molecule has 2 aromatic heterocycles. The molecule has 1 aliphatic rings. The number of nitrogens with zero attached hydrogens (tertiary/aromatic N) is 5. The van der Waals surface area contributed by atoms with Gasteiger partial charge in [0.2, 0.25) is 11.8 Å². The summed E-state index contributed by atoms with van der Waals surface area (Å²) in [7, 11) is 0. The van der Waals surface area contributed by atoms with E-state index >= 15 is 0 Å². The van der Waals surface area contributed by atoms with Gasteiger partial charge in [-0.1, -0.05) is 6.07 Å². The summed E-state index contributed by atoms with van der Waals surface area (Å²) in [6.07, 6.45) is 5.92. The molecular weight excluding hydrogens is 346 g/mol. The molecule has 0 aliphatic carbocycles. The van der Waals surface area contributed by atoms with Gasteiger partial charge in [-0.25, -0.2) is 0 Å². The van der Waals surface area contributed by atoms with Crippen molar-refractivity contribution in [1.29, 1.82) is 0 Å². The van der Waals surface area contributed by atoms with Gasteiger partial charge in [-0.2, -0.15) is 0 Å². The average Bonchev–Trinajstić information content (AvgIpc) is 3.13. The van der Waals surface area contributed by atoms with Crippen LogP contribution in [0, 0.1) is 0 Å².